The van der Waals surface area contributed by atoms with Crippen molar-refractivity contribution in [2.75, 3.05) is 0 Å². The number of hydrazone groups is 1. The van der Waals surface area contributed by atoms with Crippen molar-refractivity contribution in [1.29, 1.82) is 0 Å². The van der Waals surface area contributed by atoms with Gasteiger partial charge in [0.05, 0.1) is 6.21 Å². The number of nitrogens with zero attached hydrogens (tertiary/aromatic N) is 2. The van der Waals surface area contributed by atoms with Crippen LogP contribution in [0.4, 0.5) is 0 Å². The van der Waals surface area contributed by atoms with Gasteiger partial charge in [-0.25, -0.2) is 5.43 Å². The van der Waals surface area contributed by atoms with Gasteiger partial charge in [-0.2, -0.15) is 10.2 Å². The van der Waals surface area contributed by atoms with Crippen LogP contribution >= 0.6 is 0 Å². The smallest absolute Gasteiger partial charge is 0.282 e. The topological polar surface area (TPSA) is 70.1 Å². The highest BCUT2D eigenvalue weighted by molar-refractivity contribution is 5.93. The van der Waals surface area contributed by atoms with E-state index in [0.717, 1.165) is 16.8 Å². The molecule has 0 bridgehead atoms. The second-order valence-electron chi connectivity index (χ2n) is 5.36. The minimum absolute atomic E-state index is 0.300. The molecule has 1 aromatic heterocycles. The second kappa shape index (κ2) is 7.36. The van der Waals surface area contributed by atoms with E-state index in [0.29, 0.717) is 11.6 Å². The number of allylic oxidation sites excluding steroid dienone is 1. The maximum absolute atomic E-state index is 11.9. The molecule has 0 fully saturated rings. The molecule has 0 aliphatic rings. The minimum atomic E-state index is -0.327. The highest BCUT2D eigenvalue weighted by Crippen LogP contribution is 2.11. The number of carbonyl (C=O) groups excluding carboxylic acids is 1. The summed E-state index contributed by atoms with van der Waals surface area (Å²) in [4.78, 5) is 11.9. The molecule has 5 heteroatoms. The molecule has 0 unspecified atom stereocenters. The Morgan fingerprint density at radius 1 is 1.32 bits per heavy atom. The molecule has 0 aliphatic heterocycles. The average molecular weight is 296 g/mol. The molecule has 5 nitrogen and oxygen atoms in total. The largest absolute Gasteiger partial charge is 0.291 e. The number of carbonyl (C=O) groups is 1. The highest BCUT2D eigenvalue weighted by atomic mass is 16.2. The highest BCUT2D eigenvalue weighted by Gasteiger charge is 2.10. The Balaban J connectivity index is 1.93. The van der Waals surface area contributed by atoms with Crippen LogP contribution in [0.15, 0.2) is 47.1 Å². The van der Waals surface area contributed by atoms with Crippen molar-refractivity contribution in [2.24, 2.45) is 5.10 Å². The van der Waals surface area contributed by atoms with E-state index in [2.05, 4.69) is 20.7 Å². The fourth-order valence-corrected chi connectivity index (χ4v) is 1.85. The summed E-state index contributed by atoms with van der Waals surface area (Å²) < 4.78 is 0. The molecule has 0 saturated carbocycles. The first-order valence-electron chi connectivity index (χ1n) is 7.18. The summed E-state index contributed by atoms with van der Waals surface area (Å²) in [5.74, 6) is -0.0273. The van der Waals surface area contributed by atoms with Crippen LogP contribution in [0.1, 0.15) is 48.4 Å². The number of hydrogen-bond donors (Lipinski definition) is 2. The third-order valence-electron chi connectivity index (χ3n) is 3.08. The molecular weight excluding hydrogens is 276 g/mol. The van der Waals surface area contributed by atoms with Crippen molar-refractivity contribution in [1.82, 2.24) is 15.6 Å². The van der Waals surface area contributed by atoms with Gasteiger partial charge >= 0.3 is 0 Å². The predicted octanol–water partition coefficient (Wildman–Crippen LogP) is 3.35. The van der Waals surface area contributed by atoms with E-state index in [4.69, 9.17) is 0 Å². The number of benzene rings is 1. The number of rotatable bonds is 5. The van der Waals surface area contributed by atoms with E-state index in [1.807, 2.05) is 57.2 Å². The number of amides is 1. The molecule has 0 aliphatic carbocycles. The number of aromatic nitrogens is 2. The molecule has 114 valence electrons. The summed E-state index contributed by atoms with van der Waals surface area (Å²) >= 11 is 0. The first kappa shape index (κ1) is 15.7. The number of hydrogen-bond acceptors (Lipinski definition) is 3. The zero-order chi connectivity index (χ0) is 15.9. The molecule has 2 rings (SSSR count). The molecule has 22 heavy (non-hydrogen) atoms. The van der Waals surface area contributed by atoms with Crippen LogP contribution in [0.2, 0.25) is 0 Å². The molecule has 1 amide bonds. The van der Waals surface area contributed by atoms with Crippen LogP contribution < -0.4 is 5.43 Å². The Morgan fingerprint density at radius 3 is 2.68 bits per heavy atom. The molecule has 2 aromatic rings. The molecule has 0 radical (unpaired) electrons. The fourth-order valence-electron chi connectivity index (χ4n) is 1.85. The Bertz CT molecular complexity index is 684. The van der Waals surface area contributed by atoms with Gasteiger partial charge in [-0.1, -0.05) is 50.3 Å². The van der Waals surface area contributed by atoms with Gasteiger partial charge in [0.15, 0.2) is 5.69 Å². The standard InChI is InChI=1S/C17H20N4O/c1-12(2)15-10-16(20-19-15)17(22)21-18-11-13(3)9-14-7-5-4-6-8-14/h4-12H,1-3H3,(H,19,20)(H,21,22). The van der Waals surface area contributed by atoms with Crippen molar-refractivity contribution >= 4 is 18.2 Å². The monoisotopic (exact) mass is 296 g/mol. The zero-order valence-corrected chi connectivity index (χ0v) is 13.0. The molecule has 1 heterocycles. The van der Waals surface area contributed by atoms with Crippen molar-refractivity contribution in [3.63, 3.8) is 0 Å². The van der Waals surface area contributed by atoms with Crippen LogP contribution in [0.3, 0.4) is 0 Å². The maximum atomic E-state index is 11.9. The SMILES string of the molecule is CC(C=NNC(=O)c1cc(C(C)C)[nH]n1)=Cc1ccccc1. The molecule has 1 aromatic carbocycles. The Labute approximate surface area is 130 Å². The lowest BCUT2D eigenvalue weighted by atomic mass is 10.1. The zero-order valence-electron chi connectivity index (χ0n) is 13.0. The van der Waals surface area contributed by atoms with Crippen LogP contribution in [0.5, 0.6) is 0 Å². The van der Waals surface area contributed by atoms with Gasteiger partial charge in [-0.3, -0.25) is 9.89 Å². The third-order valence-corrected chi connectivity index (χ3v) is 3.08. The third kappa shape index (κ3) is 4.41. The summed E-state index contributed by atoms with van der Waals surface area (Å²) in [7, 11) is 0. The summed E-state index contributed by atoms with van der Waals surface area (Å²) in [6, 6.07) is 11.7. The van der Waals surface area contributed by atoms with Gasteiger partial charge in [-0.15, -0.1) is 0 Å². The molecule has 0 spiro atoms. The molecule has 0 atom stereocenters. The molecular formula is C17H20N4O. The Morgan fingerprint density at radius 2 is 2.05 bits per heavy atom. The average Bonchev–Trinajstić information content (AvgIpc) is 2.98. The predicted molar refractivity (Wildman–Crippen MR) is 88.7 cm³/mol. The van der Waals surface area contributed by atoms with Gasteiger partial charge in [0, 0.05) is 5.69 Å². The van der Waals surface area contributed by atoms with Crippen LogP contribution in [-0.2, 0) is 0 Å². The van der Waals surface area contributed by atoms with E-state index in [1.165, 1.54) is 0 Å². The fraction of sp³-hybridized carbons (Fsp3) is 0.235. The number of H-pyrrole nitrogens is 1. The lowest BCUT2D eigenvalue weighted by Gasteiger charge is -1.97. The van der Waals surface area contributed by atoms with Crippen LogP contribution in [0.25, 0.3) is 6.08 Å². The number of aromatic amines is 1. The van der Waals surface area contributed by atoms with E-state index in [1.54, 1.807) is 12.3 Å². The van der Waals surface area contributed by atoms with Crippen molar-refractivity contribution in [2.45, 2.75) is 26.7 Å². The van der Waals surface area contributed by atoms with Crippen LogP contribution in [0, 0.1) is 0 Å². The van der Waals surface area contributed by atoms with Gasteiger partial charge in [-0.05, 0) is 30.0 Å². The van der Waals surface area contributed by atoms with E-state index in [-0.39, 0.29) is 5.91 Å². The van der Waals surface area contributed by atoms with Crippen molar-refractivity contribution in [3.05, 3.63) is 58.9 Å². The lowest BCUT2D eigenvalue weighted by Crippen LogP contribution is -2.18. The normalized spacial score (nSPS) is 12.1. The van der Waals surface area contributed by atoms with E-state index in [9.17, 15) is 4.79 Å². The van der Waals surface area contributed by atoms with Crippen molar-refractivity contribution in [3.8, 4) is 0 Å². The van der Waals surface area contributed by atoms with E-state index >= 15 is 0 Å². The summed E-state index contributed by atoms with van der Waals surface area (Å²) in [6.45, 7) is 5.99. The quantitative estimate of drug-likeness (QED) is 0.656. The van der Waals surface area contributed by atoms with Gasteiger partial charge < -0.3 is 0 Å². The van der Waals surface area contributed by atoms with Gasteiger partial charge in [0.25, 0.3) is 5.91 Å². The van der Waals surface area contributed by atoms with E-state index < -0.39 is 0 Å². The summed E-state index contributed by atoms with van der Waals surface area (Å²) in [5, 5.41) is 10.8. The maximum Gasteiger partial charge on any atom is 0.291 e. The summed E-state index contributed by atoms with van der Waals surface area (Å²) in [5.41, 5.74) is 5.77. The Hall–Kier alpha value is -2.69. The van der Waals surface area contributed by atoms with Gasteiger partial charge in [0.1, 0.15) is 0 Å². The van der Waals surface area contributed by atoms with Gasteiger partial charge in [0.2, 0.25) is 0 Å². The first-order chi connectivity index (χ1) is 10.6. The Kier molecular flexibility index (Phi) is 5.25. The first-order valence-corrected chi connectivity index (χ1v) is 7.18. The lowest BCUT2D eigenvalue weighted by molar-refractivity contribution is 0.0950. The van der Waals surface area contributed by atoms with Crippen molar-refractivity contribution < 1.29 is 4.79 Å². The minimum Gasteiger partial charge on any atom is -0.282 e. The summed E-state index contributed by atoms with van der Waals surface area (Å²) in [6.07, 6.45) is 3.60. The second-order valence-corrected chi connectivity index (χ2v) is 5.36. The molecule has 0 saturated heterocycles. The van der Waals surface area contributed by atoms with Crippen LogP contribution in [-0.4, -0.2) is 22.3 Å². The number of nitrogens with one attached hydrogen (secondary N) is 2. The molecule has 2 N–H and O–H groups in total.